The van der Waals surface area contributed by atoms with Crippen LogP contribution in [0.15, 0.2) is 47.0 Å². The van der Waals surface area contributed by atoms with Gasteiger partial charge >= 0.3 is 6.18 Å². The normalized spacial score (nSPS) is 15.9. The van der Waals surface area contributed by atoms with Crippen LogP contribution < -0.4 is 16.0 Å². The molecule has 3 N–H and O–H groups in total. The molecule has 3 aromatic rings. The average molecular weight is 790 g/mol. The first-order valence-corrected chi connectivity index (χ1v) is 18.5. The van der Waals surface area contributed by atoms with Crippen LogP contribution in [0, 0.1) is 11.8 Å². The fourth-order valence-corrected chi connectivity index (χ4v) is 6.37. The van der Waals surface area contributed by atoms with Crippen molar-refractivity contribution in [1.29, 1.82) is 0 Å². The van der Waals surface area contributed by atoms with Crippen molar-refractivity contribution < 1.29 is 41.6 Å². The molecule has 1 fully saturated rings. The molecule has 4 rings (SSSR count). The van der Waals surface area contributed by atoms with E-state index in [9.17, 15) is 37.1 Å². The van der Waals surface area contributed by atoms with E-state index in [4.69, 9.17) is 16.0 Å². The zero-order chi connectivity index (χ0) is 40.7. The van der Waals surface area contributed by atoms with E-state index in [0.717, 1.165) is 24.3 Å². The third kappa shape index (κ3) is 11.6. The molecule has 0 bridgehead atoms. The molecule has 1 saturated heterocycles. The Morgan fingerprint density at radius 2 is 1.62 bits per heavy atom. The predicted molar refractivity (Wildman–Crippen MR) is 197 cm³/mol. The largest absolute Gasteiger partial charge is 0.416 e. The summed E-state index contributed by atoms with van der Waals surface area (Å²) in [6.07, 6.45) is -0.351. The molecular formula is C38H47ClF3N7O6. The van der Waals surface area contributed by atoms with Gasteiger partial charge in [0.25, 0.3) is 11.8 Å². The number of nitrogens with zero attached hydrogens (tertiary/aromatic N) is 4. The summed E-state index contributed by atoms with van der Waals surface area (Å²) >= 11 is 5.97. The highest BCUT2D eigenvalue weighted by Gasteiger charge is 2.41. The molecule has 4 amide bonds. The van der Waals surface area contributed by atoms with Gasteiger partial charge in [0, 0.05) is 35.3 Å². The Morgan fingerprint density at radius 3 is 2.24 bits per heavy atom. The Morgan fingerprint density at radius 1 is 0.945 bits per heavy atom. The second-order valence-corrected chi connectivity index (χ2v) is 15.4. The summed E-state index contributed by atoms with van der Waals surface area (Å²) in [6.45, 7) is 11.0. The number of unbranched alkanes of at least 4 members (excludes halogenated alkanes) is 1. The van der Waals surface area contributed by atoms with Crippen LogP contribution in [-0.2, 0) is 20.6 Å². The summed E-state index contributed by atoms with van der Waals surface area (Å²) in [5.74, 6) is -3.67. The highest BCUT2D eigenvalue weighted by atomic mass is 35.5. The number of benzene rings is 1. The molecule has 1 aliphatic heterocycles. The fourth-order valence-electron chi connectivity index (χ4n) is 6.21. The van der Waals surface area contributed by atoms with Crippen LogP contribution in [0.2, 0.25) is 5.02 Å². The van der Waals surface area contributed by atoms with Gasteiger partial charge in [0.05, 0.1) is 11.6 Å². The van der Waals surface area contributed by atoms with Crippen molar-refractivity contribution in [3.8, 4) is 11.5 Å². The number of likely N-dealkylation sites (tertiary alicyclic amines) is 1. The van der Waals surface area contributed by atoms with E-state index in [-0.39, 0.29) is 47.8 Å². The number of carbonyl (C=O) groups excluding carboxylic acids is 5. The van der Waals surface area contributed by atoms with Gasteiger partial charge in [0.15, 0.2) is 0 Å². The maximum Gasteiger partial charge on any atom is 0.416 e. The van der Waals surface area contributed by atoms with Gasteiger partial charge in [0.2, 0.25) is 29.4 Å². The summed E-state index contributed by atoms with van der Waals surface area (Å²) in [6, 6.07) is 4.17. The zero-order valence-corrected chi connectivity index (χ0v) is 32.4. The van der Waals surface area contributed by atoms with Gasteiger partial charge in [-0.3, -0.25) is 29.0 Å². The van der Waals surface area contributed by atoms with Crippen LogP contribution in [-0.4, -0.2) is 79.7 Å². The number of aromatic nitrogens is 3. The highest BCUT2D eigenvalue weighted by Crippen LogP contribution is 2.31. The Hall–Kier alpha value is -4.86. The lowest BCUT2D eigenvalue weighted by atomic mass is 9.96. The number of carbonyl (C=O) groups is 5. The number of nitrogens with one attached hydrogen (secondary N) is 3. The number of hydrogen-bond acceptors (Lipinski definition) is 9. The molecule has 0 aliphatic carbocycles. The third-order valence-electron chi connectivity index (χ3n) is 9.29. The SMILES string of the molecule is CC(C)[C@H](NC(=O)[C@@H]1CCCN1C(=O)[C@@H](NC(=O)CCCCC(C)(C)NC(=O)c1cc(Cl)ccn1)C(C)C)C(=O)c1nnc(-c2ccc(C(F)(F)F)cc2)o1. The van der Waals surface area contributed by atoms with Crippen LogP contribution in [0.1, 0.15) is 107 Å². The molecule has 17 heteroatoms. The van der Waals surface area contributed by atoms with Crippen molar-refractivity contribution >= 4 is 41.0 Å². The van der Waals surface area contributed by atoms with Gasteiger partial charge < -0.3 is 25.3 Å². The second kappa shape index (κ2) is 18.2. The van der Waals surface area contributed by atoms with Crippen molar-refractivity contribution in [2.24, 2.45) is 11.8 Å². The summed E-state index contributed by atoms with van der Waals surface area (Å²) in [4.78, 5) is 72.1. The van der Waals surface area contributed by atoms with Gasteiger partial charge in [-0.2, -0.15) is 13.2 Å². The maximum absolute atomic E-state index is 13.8. The predicted octanol–water partition coefficient (Wildman–Crippen LogP) is 6.03. The van der Waals surface area contributed by atoms with E-state index >= 15 is 0 Å². The van der Waals surface area contributed by atoms with Crippen LogP contribution >= 0.6 is 11.6 Å². The molecular weight excluding hydrogens is 743 g/mol. The van der Waals surface area contributed by atoms with Crippen LogP contribution in [0.5, 0.6) is 0 Å². The smallest absolute Gasteiger partial charge is 0.414 e. The number of ketones is 1. The standard InChI is InChI=1S/C38H47ClF3N7O6/c1-21(2)29(31(51)35-48-47-34(55-35)23-12-14-24(15-13-23)38(40,41)42)45-33(53)27-10-9-19-49(27)36(54)30(22(3)4)44-28(50)11-7-8-17-37(5,6)46-32(52)26-20-25(39)16-18-43-26/h12-16,18,20-22,27,29-30H,7-11,17,19H2,1-6H3,(H,44,50)(H,45,53)(H,46,52)/t27-,29-,30-/m0/s1. The maximum atomic E-state index is 13.8. The molecule has 0 radical (unpaired) electrons. The Kier molecular flexibility index (Phi) is 14.2. The monoisotopic (exact) mass is 789 g/mol. The minimum Gasteiger partial charge on any atom is -0.414 e. The minimum absolute atomic E-state index is 0.148. The van der Waals surface area contributed by atoms with Gasteiger partial charge in [-0.05, 0) is 87.8 Å². The van der Waals surface area contributed by atoms with Gasteiger partial charge in [-0.15, -0.1) is 10.2 Å². The minimum atomic E-state index is -4.53. The Balaban J connectivity index is 1.32. The lowest BCUT2D eigenvalue weighted by molar-refractivity contribution is -0.142. The van der Waals surface area contributed by atoms with Crippen molar-refractivity contribution in [3.05, 3.63) is 64.8 Å². The number of halogens is 4. The molecule has 0 saturated carbocycles. The molecule has 2 aromatic heterocycles. The molecule has 0 spiro atoms. The van der Waals surface area contributed by atoms with E-state index in [2.05, 4.69) is 31.1 Å². The molecule has 3 atom stereocenters. The highest BCUT2D eigenvalue weighted by molar-refractivity contribution is 6.30. The molecule has 55 heavy (non-hydrogen) atoms. The fraction of sp³-hybridized carbons (Fsp3) is 0.526. The van der Waals surface area contributed by atoms with Crippen molar-refractivity contribution in [2.45, 2.75) is 110 Å². The molecule has 298 valence electrons. The van der Waals surface area contributed by atoms with E-state index in [1.165, 1.54) is 17.2 Å². The number of hydrogen-bond donors (Lipinski definition) is 3. The van der Waals surface area contributed by atoms with Crippen LogP contribution in [0.25, 0.3) is 11.5 Å². The zero-order valence-electron chi connectivity index (χ0n) is 31.6. The number of rotatable bonds is 16. The van der Waals surface area contributed by atoms with E-state index in [1.807, 2.05) is 13.8 Å². The number of alkyl halides is 3. The van der Waals surface area contributed by atoms with E-state index in [0.29, 0.717) is 37.1 Å². The van der Waals surface area contributed by atoms with Gasteiger partial charge in [0.1, 0.15) is 17.8 Å². The summed E-state index contributed by atoms with van der Waals surface area (Å²) in [5, 5.41) is 16.5. The summed E-state index contributed by atoms with van der Waals surface area (Å²) in [5.41, 5.74) is -1.06. The quantitative estimate of drug-likeness (QED) is 0.116. The van der Waals surface area contributed by atoms with Gasteiger partial charge in [-0.1, -0.05) is 45.7 Å². The average Bonchev–Trinajstić information content (AvgIpc) is 3.81. The summed E-state index contributed by atoms with van der Waals surface area (Å²) < 4.78 is 44.4. The molecule has 3 heterocycles. The summed E-state index contributed by atoms with van der Waals surface area (Å²) in [7, 11) is 0. The number of amides is 4. The molecule has 0 unspecified atom stereocenters. The van der Waals surface area contributed by atoms with Crippen LogP contribution in [0.4, 0.5) is 13.2 Å². The first-order chi connectivity index (χ1) is 25.8. The molecule has 13 nitrogen and oxygen atoms in total. The number of pyridine rings is 1. The van der Waals surface area contributed by atoms with Crippen LogP contribution in [0.3, 0.4) is 0 Å². The van der Waals surface area contributed by atoms with Crippen molar-refractivity contribution in [1.82, 2.24) is 36.0 Å². The second-order valence-electron chi connectivity index (χ2n) is 15.0. The van der Waals surface area contributed by atoms with Crippen molar-refractivity contribution in [2.75, 3.05) is 6.54 Å². The lowest BCUT2D eigenvalue weighted by Gasteiger charge is -2.31. The van der Waals surface area contributed by atoms with E-state index in [1.54, 1.807) is 33.8 Å². The Labute approximate surface area is 322 Å². The Bertz CT molecular complexity index is 1850. The first kappa shape index (κ1) is 42.9. The van der Waals surface area contributed by atoms with E-state index < -0.39 is 64.8 Å². The number of Topliss-reactive ketones (excluding diaryl/α,β-unsaturated/α-hetero) is 1. The first-order valence-electron chi connectivity index (χ1n) is 18.2. The van der Waals surface area contributed by atoms with Crippen molar-refractivity contribution in [3.63, 3.8) is 0 Å². The topological polar surface area (TPSA) is 176 Å². The van der Waals surface area contributed by atoms with Gasteiger partial charge in [-0.25, -0.2) is 0 Å². The molecule has 1 aromatic carbocycles. The third-order valence-corrected chi connectivity index (χ3v) is 9.53. The lowest BCUT2D eigenvalue weighted by Crippen LogP contribution is -2.57. The molecule has 1 aliphatic rings.